The number of hydrogen-bond acceptors (Lipinski definition) is 7. The van der Waals surface area contributed by atoms with Gasteiger partial charge in [-0.1, -0.05) is 18.2 Å². The van der Waals surface area contributed by atoms with Gasteiger partial charge in [-0.3, -0.25) is 24.2 Å². The summed E-state index contributed by atoms with van der Waals surface area (Å²) in [6, 6.07) is 5.96. The van der Waals surface area contributed by atoms with Crippen LogP contribution < -0.4 is 5.32 Å². The van der Waals surface area contributed by atoms with E-state index in [1.807, 2.05) is 4.90 Å². The largest absolute Gasteiger partial charge is 0.353 e. The van der Waals surface area contributed by atoms with Gasteiger partial charge in [-0.15, -0.1) is 0 Å². The number of benzene rings is 1. The van der Waals surface area contributed by atoms with Gasteiger partial charge in [0.2, 0.25) is 15.9 Å². The molecule has 1 aromatic carbocycles. The molecular weight excluding hydrogens is 459 g/mol. The lowest BCUT2D eigenvalue weighted by atomic mass is 10.2. The molecule has 1 N–H and O–H groups in total. The van der Waals surface area contributed by atoms with E-state index in [4.69, 9.17) is 0 Å². The van der Waals surface area contributed by atoms with Gasteiger partial charge in [0.1, 0.15) is 5.82 Å². The average Bonchev–Trinajstić information content (AvgIpc) is 2.88. The van der Waals surface area contributed by atoms with Crippen molar-refractivity contribution in [3.63, 3.8) is 0 Å². The van der Waals surface area contributed by atoms with Gasteiger partial charge in [0, 0.05) is 38.3 Å². The highest BCUT2D eigenvalue weighted by atomic mass is 32.2. The number of hydrogen-bond donors (Lipinski definition) is 1. The smallest absolute Gasteiger partial charge is 0.293 e. The van der Waals surface area contributed by atoms with Crippen LogP contribution in [-0.2, 0) is 19.6 Å². The second kappa shape index (κ2) is 10.6. The average molecular weight is 485 g/mol. The maximum Gasteiger partial charge on any atom is 0.293 e. The third kappa shape index (κ3) is 6.37. The Balaban J connectivity index is 1.47. The van der Waals surface area contributed by atoms with Crippen molar-refractivity contribution in [1.82, 2.24) is 19.4 Å². The maximum absolute atomic E-state index is 13.8. The molecule has 2 heterocycles. The third-order valence-corrected chi connectivity index (χ3v) is 7.32. The van der Waals surface area contributed by atoms with E-state index >= 15 is 0 Å². The third-order valence-electron chi connectivity index (χ3n) is 5.11. The highest BCUT2D eigenvalue weighted by Crippen LogP contribution is 2.32. The highest BCUT2D eigenvalue weighted by Gasteiger charge is 2.34. The number of carbonyl (C=O) groups is 3. The van der Waals surface area contributed by atoms with Crippen molar-refractivity contribution in [2.24, 2.45) is 0 Å². The number of rotatable bonds is 7. The predicted molar refractivity (Wildman–Crippen MR) is 120 cm³/mol. The van der Waals surface area contributed by atoms with Gasteiger partial charge < -0.3 is 5.32 Å². The number of sulfonamides is 1. The summed E-state index contributed by atoms with van der Waals surface area (Å²) in [5.74, 6) is -1.28. The zero-order chi connectivity index (χ0) is 23.3. The van der Waals surface area contributed by atoms with Gasteiger partial charge in [0.05, 0.1) is 17.7 Å². The summed E-state index contributed by atoms with van der Waals surface area (Å²) in [4.78, 5) is 39.9. The van der Waals surface area contributed by atoms with Crippen molar-refractivity contribution in [1.29, 1.82) is 0 Å². The number of imide groups is 1. The lowest BCUT2D eigenvalue weighted by Gasteiger charge is -2.20. The lowest BCUT2D eigenvalue weighted by molar-refractivity contribution is -0.124. The van der Waals surface area contributed by atoms with Crippen molar-refractivity contribution in [3.05, 3.63) is 40.6 Å². The first-order chi connectivity index (χ1) is 15.1. The Morgan fingerprint density at radius 2 is 1.94 bits per heavy atom. The van der Waals surface area contributed by atoms with Crippen LogP contribution in [0.4, 0.5) is 9.18 Å². The van der Waals surface area contributed by atoms with E-state index in [1.54, 1.807) is 6.07 Å². The number of nitrogens with zero attached hydrogens (tertiary/aromatic N) is 3. The van der Waals surface area contributed by atoms with Gasteiger partial charge in [-0.05, 0) is 36.9 Å². The molecule has 32 heavy (non-hydrogen) atoms. The second-order valence-corrected chi connectivity index (χ2v) is 10.5. The number of nitrogens with one attached hydrogen (secondary N) is 1. The van der Waals surface area contributed by atoms with Crippen molar-refractivity contribution in [3.8, 4) is 0 Å². The molecule has 0 saturated carbocycles. The van der Waals surface area contributed by atoms with Crippen molar-refractivity contribution >= 4 is 44.9 Å². The molecule has 174 valence electrons. The molecule has 0 aliphatic carbocycles. The Bertz CT molecular complexity index is 1030. The molecular formula is C20H25FN4O5S2. The van der Waals surface area contributed by atoms with Crippen LogP contribution in [-0.4, -0.2) is 91.6 Å². The van der Waals surface area contributed by atoms with Crippen LogP contribution in [0.15, 0.2) is 29.2 Å². The fourth-order valence-electron chi connectivity index (χ4n) is 3.43. The fraction of sp³-hybridized carbons (Fsp3) is 0.450. The molecule has 0 bridgehead atoms. The van der Waals surface area contributed by atoms with Crippen molar-refractivity contribution in [2.75, 3.05) is 52.1 Å². The minimum absolute atomic E-state index is 0.00682. The molecule has 0 atom stereocenters. The monoisotopic (exact) mass is 484 g/mol. The summed E-state index contributed by atoms with van der Waals surface area (Å²) in [5, 5.41) is 2.21. The summed E-state index contributed by atoms with van der Waals surface area (Å²) in [7, 11) is -3.25. The van der Waals surface area contributed by atoms with E-state index in [-0.39, 0.29) is 36.0 Å². The normalized spacial score (nSPS) is 20.1. The molecule has 2 saturated heterocycles. The Kier molecular flexibility index (Phi) is 8.04. The van der Waals surface area contributed by atoms with Crippen LogP contribution in [0.1, 0.15) is 12.0 Å². The van der Waals surface area contributed by atoms with Crippen LogP contribution in [0.3, 0.4) is 0 Å². The first-order valence-corrected chi connectivity index (χ1v) is 12.8. The van der Waals surface area contributed by atoms with Crippen LogP contribution in [0.2, 0.25) is 0 Å². The molecule has 9 nitrogen and oxygen atoms in total. The van der Waals surface area contributed by atoms with Crippen LogP contribution in [0.25, 0.3) is 6.08 Å². The van der Waals surface area contributed by atoms with E-state index in [9.17, 15) is 27.2 Å². The van der Waals surface area contributed by atoms with Crippen LogP contribution >= 0.6 is 11.8 Å². The van der Waals surface area contributed by atoms with E-state index < -0.39 is 27.0 Å². The predicted octanol–water partition coefficient (Wildman–Crippen LogP) is 0.946. The molecule has 0 aromatic heterocycles. The van der Waals surface area contributed by atoms with Gasteiger partial charge in [0.25, 0.3) is 11.1 Å². The van der Waals surface area contributed by atoms with Crippen molar-refractivity contribution in [2.45, 2.75) is 6.42 Å². The summed E-state index contributed by atoms with van der Waals surface area (Å²) in [6.45, 7) is 2.01. The van der Waals surface area contributed by atoms with E-state index in [0.717, 1.165) is 16.7 Å². The molecule has 0 radical (unpaired) electrons. The molecule has 3 amide bonds. The summed E-state index contributed by atoms with van der Waals surface area (Å²) >= 11 is 0.734. The Hall–Kier alpha value is -2.28. The van der Waals surface area contributed by atoms with Gasteiger partial charge >= 0.3 is 0 Å². The zero-order valence-corrected chi connectivity index (χ0v) is 19.3. The minimum Gasteiger partial charge on any atom is -0.353 e. The topological polar surface area (TPSA) is 107 Å². The first kappa shape index (κ1) is 24.4. The highest BCUT2D eigenvalue weighted by molar-refractivity contribution is 8.18. The molecule has 1 aromatic rings. The van der Waals surface area contributed by atoms with Crippen LogP contribution in [0, 0.1) is 5.82 Å². The Morgan fingerprint density at radius 1 is 1.19 bits per heavy atom. The summed E-state index contributed by atoms with van der Waals surface area (Å²) in [6.07, 6.45) is 3.15. The van der Waals surface area contributed by atoms with Gasteiger partial charge in [-0.2, -0.15) is 0 Å². The zero-order valence-electron chi connectivity index (χ0n) is 17.6. The Labute approximate surface area is 190 Å². The summed E-state index contributed by atoms with van der Waals surface area (Å²) < 4.78 is 38.6. The Morgan fingerprint density at radius 3 is 2.66 bits per heavy atom. The molecule has 3 rings (SSSR count). The van der Waals surface area contributed by atoms with E-state index in [2.05, 4.69) is 5.32 Å². The number of thioether (sulfide) groups is 1. The molecule has 2 aliphatic heterocycles. The molecule has 2 fully saturated rings. The lowest BCUT2D eigenvalue weighted by Crippen LogP contribution is -2.42. The first-order valence-electron chi connectivity index (χ1n) is 10.1. The molecule has 2 aliphatic rings. The number of amides is 3. The molecule has 0 unspecified atom stereocenters. The molecule has 12 heteroatoms. The fourth-order valence-corrected chi connectivity index (χ4v) is 5.16. The quantitative estimate of drug-likeness (QED) is 0.574. The maximum atomic E-state index is 13.8. The number of carbonyl (C=O) groups excluding carboxylic acids is 3. The number of halogens is 1. The van der Waals surface area contributed by atoms with Gasteiger partial charge in [-0.25, -0.2) is 17.1 Å². The minimum atomic E-state index is -3.25. The van der Waals surface area contributed by atoms with E-state index in [1.165, 1.54) is 34.8 Å². The van der Waals surface area contributed by atoms with Crippen molar-refractivity contribution < 1.29 is 27.2 Å². The van der Waals surface area contributed by atoms with Gasteiger partial charge in [0.15, 0.2) is 0 Å². The SMILES string of the molecule is CS(=O)(=O)N1CCCN(CC(=O)NCCN2C(=O)SC(=Cc3ccccc3F)C2=O)CC1. The second-order valence-electron chi connectivity index (χ2n) is 7.50. The summed E-state index contributed by atoms with van der Waals surface area (Å²) in [5.41, 5.74) is 0.221. The standard InChI is InChI=1S/C20H25FN4O5S2/c1-32(29,30)24-9-4-8-23(11-12-24)14-18(26)22-7-10-25-19(27)17(31-20(25)28)13-15-5-2-3-6-16(15)21/h2-3,5-6,13H,4,7-12,14H2,1H3,(H,22,26). The van der Waals surface area contributed by atoms with E-state index in [0.29, 0.717) is 32.6 Å². The van der Waals surface area contributed by atoms with Crippen LogP contribution in [0.5, 0.6) is 0 Å². The molecule has 0 spiro atoms.